The van der Waals surface area contributed by atoms with Crippen LogP contribution in [0.1, 0.15) is 222 Å². The maximum absolute atomic E-state index is 12.3. The first kappa shape index (κ1) is 79.3. The lowest BCUT2D eigenvalue weighted by Gasteiger charge is -2.24. The fourth-order valence-electron chi connectivity index (χ4n) is 12.5. The summed E-state index contributed by atoms with van der Waals surface area (Å²) in [5.74, 6) is 0.334. The molecule has 20 heteroatoms. The van der Waals surface area contributed by atoms with Gasteiger partial charge in [0, 0.05) is 67.0 Å². The summed E-state index contributed by atoms with van der Waals surface area (Å²) in [5, 5.41) is 49.3. The summed E-state index contributed by atoms with van der Waals surface area (Å²) in [5.41, 5.74) is 14.2. The van der Waals surface area contributed by atoms with Crippen molar-refractivity contribution in [2.75, 3.05) is 6.61 Å². The van der Waals surface area contributed by atoms with E-state index in [2.05, 4.69) is 45.8 Å². The van der Waals surface area contributed by atoms with E-state index < -0.39 is 51.4 Å². The zero-order chi connectivity index (χ0) is 73.5. The number of carbonyl (C=O) groups is 5. The van der Waals surface area contributed by atoms with Crippen molar-refractivity contribution in [1.29, 1.82) is 0 Å². The van der Waals surface area contributed by atoms with Crippen molar-refractivity contribution in [2.45, 2.75) is 183 Å². The summed E-state index contributed by atoms with van der Waals surface area (Å²) in [6, 6.07) is 34.4. The van der Waals surface area contributed by atoms with Crippen LogP contribution in [0.4, 0.5) is 0 Å². The molecule has 6 aliphatic heterocycles. The van der Waals surface area contributed by atoms with E-state index in [-0.39, 0.29) is 46.7 Å². The first-order valence-electron chi connectivity index (χ1n) is 34.7. The molecule has 0 saturated carbocycles. The van der Waals surface area contributed by atoms with Gasteiger partial charge in [-0.25, -0.2) is 0 Å². The van der Waals surface area contributed by atoms with Gasteiger partial charge in [0.05, 0.1) is 19.5 Å². The van der Waals surface area contributed by atoms with Crippen LogP contribution in [0, 0.1) is 32.5 Å². The number of benzene rings is 6. The van der Waals surface area contributed by atoms with Crippen LogP contribution in [0.2, 0.25) is 19.5 Å². The van der Waals surface area contributed by atoms with Crippen molar-refractivity contribution in [3.8, 4) is 0 Å². The van der Waals surface area contributed by atoms with Crippen molar-refractivity contribution in [2.24, 2.45) is 32.5 Å². The highest BCUT2D eigenvalue weighted by Gasteiger charge is 2.38. The van der Waals surface area contributed by atoms with Gasteiger partial charge in [-0.2, -0.15) is 0 Å². The highest BCUT2D eigenvalue weighted by atomic mass is 16.5. The Morgan fingerprint density at radius 1 is 0.444 bits per heavy atom. The maximum atomic E-state index is 12.3. The Balaban J connectivity index is 0.000000167. The van der Waals surface area contributed by atoms with Crippen LogP contribution in [0.25, 0.3) is 12.2 Å². The Morgan fingerprint density at radius 2 is 0.949 bits per heavy atom. The van der Waals surface area contributed by atoms with Crippen LogP contribution in [-0.2, 0) is 51.1 Å². The van der Waals surface area contributed by atoms with Crippen LogP contribution in [-0.4, -0.2) is 103 Å². The lowest BCUT2D eigenvalue weighted by molar-refractivity contribution is 0.0852. The predicted molar refractivity (Wildman–Crippen MR) is 406 cm³/mol. The Labute approximate surface area is 591 Å². The van der Waals surface area contributed by atoms with E-state index in [4.69, 9.17) is 18.6 Å². The van der Waals surface area contributed by atoms with E-state index in [1.165, 1.54) is 28.4 Å². The molecule has 12 rings (SSSR count). The minimum Gasteiger partial charge on any atom is -0.538 e. The van der Waals surface area contributed by atoms with Gasteiger partial charge in [0.2, 0.25) is 0 Å². The van der Waals surface area contributed by atoms with E-state index in [9.17, 15) is 49.1 Å². The normalized spacial score (nSPS) is 15.2. The summed E-state index contributed by atoms with van der Waals surface area (Å²) in [6.07, 6.45) is 12.5. The largest absolute Gasteiger partial charge is 0.561 e. The number of ketones is 5. The van der Waals surface area contributed by atoms with E-state index in [0.717, 1.165) is 77.4 Å². The average Bonchev–Trinajstić information content (AvgIpc) is 1.65. The molecule has 0 aromatic heterocycles. The molecule has 520 valence electrons. The zero-order valence-corrected chi connectivity index (χ0v) is 61.9. The third kappa shape index (κ3) is 20.4. The van der Waals surface area contributed by atoms with E-state index >= 15 is 0 Å². The van der Waals surface area contributed by atoms with E-state index in [1.807, 2.05) is 189 Å². The minimum absolute atomic E-state index is 0.00676. The molecule has 99 heavy (non-hydrogen) atoms. The van der Waals surface area contributed by atoms with Gasteiger partial charge in [-0.05, 0) is 104 Å². The standard InChI is InChI=1S/C14H19BO2.C14H17BO2.C13H17BO3.C13H15BO3.C13H19BO.C12H15BO3/c2*1-14(2,3)13(16)11-7-6-10-5-4-8-15(17)12(10)9-11;2*1-13(2,3)12(15)10-6-4-5-9-7-8-17-14(16)11(9)10;1-13(2,3)8-10-6-5-7-12-11(10)9-15-14(12)4;1-12(2,3)11(14)9-6-4-5-8-7-16-13(15)10(8)9/h6-7,9,17H,4-5,8H2,1-3H3;4-7,9,17H,8H2,1-3H3;4-6,16H,7-8H2,1-3H3;4-8,16H,1-3H3;5-7H,8-9H2,1-4H3;4-6,15H,7H2,1-3H3. The predicted octanol–water partition coefficient (Wildman–Crippen LogP) is 10.7. The number of Topliss-reactive ketones (excluding diaryl/α,β-unsaturated/α-hetero) is 5. The lowest BCUT2D eigenvalue weighted by atomic mass is 9.53. The molecule has 0 fully saturated rings. The number of hydrogen-bond donors (Lipinski definition) is 5. The summed E-state index contributed by atoms with van der Waals surface area (Å²) in [6.45, 7) is 38.4. The molecule has 6 heterocycles. The van der Waals surface area contributed by atoms with Crippen LogP contribution >= 0.6 is 0 Å². The minimum atomic E-state index is -1.06. The average molecular weight is 1340 g/mol. The second kappa shape index (κ2) is 32.3. The SMILES string of the molecule is CB1OCc2c(CC(C)(C)C)cccc21.CC(C)(C)C(=O)c1ccc2c(c1)B(O)CC=C2.CC(C)(C)C(=O)c1ccc2c(c1)B(O)CCC2.CC(C)(C)C(=O)c1cccc2c1B(O)OC2.CC(C)(C)C(=O)c1cccc2c1B(O)OC=C2.CC(C)(C)C(=O)c1cccc2c1B(O)OCC2. The fourth-order valence-corrected chi connectivity index (χ4v) is 12.5. The molecule has 0 unspecified atom stereocenters. The molecule has 6 aromatic carbocycles. The molecular weight excluding hydrogens is 1240 g/mol. The number of rotatable bonds is 6. The molecule has 0 radical (unpaired) electrons. The number of fused-ring (bicyclic) bond motifs is 6. The lowest BCUT2D eigenvalue weighted by Crippen LogP contribution is -2.45. The molecule has 0 spiro atoms. The second-order valence-electron chi connectivity index (χ2n) is 32.9. The van der Waals surface area contributed by atoms with Crippen molar-refractivity contribution in [3.63, 3.8) is 0 Å². The third-order valence-electron chi connectivity index (χ3n) is 17.9. The van der Waals surface area contributed by atoms with Crippen molar-refractivity contribution >= 4 is 116 Å². The molecule has 0 aliphatic carbocycles. The molecule has 14 nitrogen and oxygen atoms in total. The van der Waals surface area contributed by atoms with Gasteiger partial charge in [-0.3, -0.25) is 24.0 Å². The highest BCUT2D eigenvalue weighted by Crippen LogP contribution is 2.29. The van der Waals surface area contributed by atoms with Gasteiger partial charge in [-0.15, -0.1) is 0 Å². The Hall–Kier alpha value is -6.98. The molecule has 0 amide bonds. The summed E-state index contributed by atoms with van der Waals surface area (Å²) in [4.78, 5) is 61.2. The van der Waals surface area contributed by atoms with E-state index in [1.54, 1.807) is 24.3 Å². The van der Waals surface area contributed by atoms with Gasteiger partial charge in [-0.1, -0.05) is 265 Å². The molecule has 0 atom stereocenters. The molecule has 6 aromatic rings. The topological polar surface area (TPSA) is 223 Å². The maximum Gasteiger partial charge on any atom is 0.561 e. The van der Waals surface area contributed by atoms with Crippen molar-refractivity contribution < 1.29 is 67.7 Å². The molecule has 0 bridgehead atoms. The first-order chi connectivity index (χ1) is 46.0. The Kier molecular flexibility index (Phi) is 25.9. The molecule has 5 N–H and O–H groups in total. The third-order valence-corrected chi connectivity index (χ3v) is 17.9. The van der Waals surface area contributed by atoms with Crippen LogP contribution in [0.15, 0.2) is 122 Å². The zero-order valence-electron chi connectivity index (χ0n) is 61.9. The van der Waals surface area contributed by atoms with Crippen molar-refractivity contribution in [3.05, 3.63) is 188 Å². The van der Waals surface area contributed by atoms with Gasteiger partial charge < -0.3 is 43.7 Å². The van der Waals surface area contributed by atoms with Gasteiger partial charge in [0.15, 0.2) is 28.9 Å². The van der Waals surface area contributed by atoms with Gasteiger partial charge in [0.25, 0.3) is 0 Å². The van der Waals surface area contributed by atoms with Crippen molar-refractivity contribution in [1.82, 2.24) is 0 Å². The van der Waals surface area contributed by atoms with Gasteiger partial charge in [0.1, 0.15) is 0 Å². The van der Waals surface area contributed by atoms with Crippen LogP contribution in [0.5, 0.6) is 0 Å². The summed E-state index contributed by atoms with van der Waals surface area (Å²) in [7, 11) is -2.99. The summed E-state index contributed by atoms with van der Waals surface area (Å²) >= 11 is 0. The van der Waals surface area contributed by atoms with Gasteiger partial charge >= 0.3 is 42.1 Å². The number of carbonyl (C=O) groups excluding carboxylic acids is 5. The Bertz CT molecular complexity index is 3980. The van der Waals surface area contributed by atoms with Crippen LogP contribution < -0.4 is 32.8 Å². The number of hydrogen-bond acceptors (Lipinski definition) is 14. The smallest absolute Gasteiger partial charge is 0.538 e. The Morgan fingerprint density at radius 3 is 1.52 bits per heavy atom. The van der Waals surface area contributed by atoms with E-state index in [0.29, 0.717) is 63.6 Å². The number of allylic oxidation sites excluding steroid dienone is 1. The highest BCUT2D eigenvalue weighted by molar-refractivity contribution is 6.69. The fraction of sp³-hybridized carbons (Fsp3) is 0.430. The first-order valence-corrected chi connectivity index (χ1v) is 34.7. The van der Waals surface area contributed by atoms with Crippen LogP contribution in [0.3, 0.4) is 0 Å². The molecule has 6 aliphatic rings. The molecular formula is C79H102B6O14. The summed E-state index contributed by atoms with van der Waals surface area (Å²) < 4.78 is 21.1. The monoisotopic (exact) mass is 1340 g/mol. The quantitative estimate of drug-likeness (QED) is 0.0773. The number of aryl methyl sites for hydroxylation is 1. The second-order valence-corrected chi connectivity index (χ2v) is 32.9. The molecule has 0 saturated heterocycles.